The van der Waals surface area contributed by atoms with E-state index in [0.717, 1.165) is 0 Å². The van der Waals surface area contributed by atoms with E-state index in [0.29, 0.717) is 11.5 Å². The van der Waals surface area contributed by atoms with Crippen LogP contribution in [0.4, 0.5) is 0 Å². The molecule has 0 fully saturated rings. The van der Waals surface area contributed by atoms with Crippen molar-refractivity contribution in [3.63, 3.8) is 0 Å². The molecule has 0 aliphatic rings. The monoisotopic (exact) mass is 296 g/mol. The van der Waals surface area contributed by atoms with Crippen LogP contribution in [0.15, 0.2) is 24.3 Å². The molecule has 1 aromatic carbocycles. The predicted octanol–water partition coefficient (Wildman–Crippen LogP) is -0.481. The van der Waals surface area contributed by atoms with Gasteiger partial charge in [-0.3, -0.25) is 9.59 Å². The molecule has 1 atom stereocenters. The van der Waals surface area contributed by atoms with Gasteiger partial charge in [0.15, 0.2) is 6.61 Å². The molecule has 0 heterocycles. The number of aliphatic carboxylic acids is 1. The Morgan fingerprint density at radius 2 is 1.81 bits per heavy atom. The van der Waals surface area contributed by atoms with Crippen molar-refractivity contribution in [1.82, 2.24) is 5.32 Å². The predicted molar refractivity (Wildman–Crippen MR) is 71.9 cm³/mol. The zero-order valence-corrected chi connectivity index (χ0v) is 11.4. The Bertz CT molecular complexity index is 514. The average Bonchev–Trinajstić information content (AvgIpc) is 2.44. The number of carbonyl (C=O) groups excluding carboxylic acids is 2. The lowest BCUT2D eigenvalue weighted by Crippen LogP contribution is -2.45. The molecule has 0 saturated carbocycles. The Kier molecular flexibility index (Phi) is 5.99. The zero-order valence-electron chi connectivity index (χ0n) is 11.4. The molecule has 1 unspecified atom stereocenters. The van der Waals surface area contributed by atoms with E-state index in [-0.39, 0.29) is 6.61 Å². The molecular formula is C13H16N2O6. The van der Waals surface area contributed by atoms with Gasteiger partial charge in [0.05, 0.1) is 13.5 Å². The Labute approximate surface area is 120 Å². The summed E-state index contributed by atoms with van der Waals surface area (Å²) >= 11 is 0. The van der Waals surface area contributed by atoms with Crippen molar-refractivity contribution in [2.24, 2.45) is 5.73 Å². The molecule has 8 heteroatoms. The number of carboxylic acid groups (broad SMARTS) is 1. The van der Waals surface area contributed by atoms with Crippen LogP contribution in [0, 0.1) is 0 Å². The maximum absolute atomic E-state index is 11.6. The van der Waals surface area contributed by atoms with Gasteiger partial charge in [0.1, 0.15) is 17.5 Å². The van der Waals surface area contributed by atoms with Crippen molar-refractivity contribution >= 4 is 17.8 Å². The third-order valence-corrected chi connectivity index (χ3v) is 2.47. The molecular weight excluding hydrogens is 280 g/mol. The Morgan fingerprint density at radius 3 is 2.29 bits per heavy atom. The first-order valence-corrected chi connectivity index (χ1v) is 5.99. The fourth-order valence-electron chi connectivity index (χ4n) is 1.46. The number of hydrogen-bond acceptors (Lipinski definition) is 5. The number of benzene rings is 1. The summed E-state index contributed by atoms with van der Waals surface area (Å²) in [6.45, 7) is -0.380. The molecule has 0 aromatic heterocycles. The Balaban J connectivity index is 2.48. The number of hydrogen-bond donors (Lipinski definition) is 3. The first-order chi connectivity index (χ1) is 9.92. The largest absolute Gasteiger partial charge is 0.497 e. The fraction of sp³-hybridized carbons (Fsp3) is 0.308. The number of amides is 2. The van der Waals surface area contributed by atoms with Crippen LogP contribution in [-0.2, 0) is 14.4 Å². The third kappa shape index (κ3) is 5.81. The molecule has 0 spiro atoms. The number of nitrogens with one attached hydrogen (secondary N) is 1. The molecule has 0 aliphatic heterocycles. The van der Waals surface area contributed by atoms with Crippen LogP contribution >= 0.6 is 0 Å². The van der Waals surface area contributed by atoms with Crippen LogP contribution in [0.3, 0.4) is 0 Å². The van der Waals surface area contributed by atoms with Crippen molar-refractivity contribution in [3.8, 4) is 11.5 Å². The summed E-state index contributed by atoms with van der Waals surface area (Å²) < 4.78 is 10.1. The molecule has 1 aromatic rings. The summed E-state index contributed by atoms with van der Waals surface area (Å²) in [5.41, 5.74) is 4.90. The number of primary amides is 1. The van der Waals surface area contributed by atoms with Crippen LogP contribution < -0.4 is 20.5 Å². The number of ether oxygens (including phenoxy) is 2. The molecule has 0 bridgehead atoms. The second kappa shape index (κ2) is 7.73. The summed E-state index contributed by atoms with van der Waals surface area (Å²) in [6, 6.07) is 5.14. The second-order valence-electron chi connectivity index (χ2n) is 4.09. The first kappa shape index (κ1) is 16.3. The van der Waals surface area contributed by atoms with E-state index in [1.807, 2.05) is 0 Å². The maximum atomic E-state index is 11.6. The van der Waals surface area contributed by atoms with Crippen LogP contribution in [0.5, 0.6) is 11.5 Å². The average molecular weight is 296 g/mol. The highest BCUT2D eigenvalue weighted by molar-refractivity contribution is 5.88. The lowest BCUT2D eigenvalue weighted by molar-refractivity contribution is -0.143. The van der Waals surface area contributed by atoms with Gasteiger partial charge in [-0.1, -0.05) is 0 Å². The number of nitrogens with two attached hydrogens (primary N) is 1. The Morgan fingerprint density at radius 1 is 1.24 bits per heavy atom. The van der Waals surface area contributed by atoms with Gasteiger partial charge < -0.3 is 25.6 Å². The van der Waals surface area contributed by atoms with Gasteiger partial charge in [-0.25, -0.2) is 4.79 Å². The van der Waals surface area contributed by atoms with E-state index in [1.165, 1.54) is 7.11 Å². The SMILES string of the molecule is COc1ccc(OCC(=O)NC(CC(N)=O)C(=O)O)cc1. The quantitative estimate of drug-likeness (QED) is 0.594. The smallest absolute Gasteiger partial charge is 0.326 e. The minimum Gasteiger partial charge on any atom is -0.497 e. The van der Waals surface area contributed by atoms with E-state index < -0.39 is 30.2 Å². The standard InChI is InChI=1S/C13H16N2O6/c1-20-8-2-4-9(5-3-8)21-7-12(17)15-10(13(18)19)6-11(14)16/h2-5,10H,6-7H2,1H3,(H2,14,16)(H,15,17)(H,18,19). The molecule has 114 valence electrons. The molecule has 0 radical (unpaired) electrons. The van der Waals surface area contributed by atoms with E-state index in [1.54, 1.807) is 24.3 Å². The highest BCUT2D eigenvalue weighted by Gasteiger charge is 2.22. The fourth-order valence-corrected chi connectivity index (χ4v) is 1.46. The second-order valence-corrected chi connectivity index (χ2v) is 4.09. The summed E-state index contributed by atoms with van der Waals surface area (Å²) in [5.74, 6) is -1.77. The summed E-state index contributed by atoms with van der Waals surface area (Å²) in [4.78, 5) is 33.1. The summed E-state index contributed by atoms with van der Waals surface area (Å²) in [7, 11) is 1.52. The van der Waals surface area contributed by atoms with Gasteiger partial charge in [0, 0.05) is 0 Å². The summed E-state index contributed by atoms with van der Waals surface area (Å²) in [5, 5.41) is 11.0. The number of methoxy groups -OCH3 is 1. The lowest BCUT2D eigenvalue weighted by Gasteiger charge is -2.13. The van der Waals surface area contributed by atoms with Crippen LogP contribution in [0.25, 0.3) is 0 Å². The minimum atomic E-state index is -1.37. The van der Waals surface area contributed by atoms with Gasteiger partial charge in [-0.05, 0) is 24.3 Å². The Hall–Kier alpha value is -2.77. The molecule has 0 saturated heterocycles. The molecule has 1 rings (SSSR count). The lowest BCUT2D eigenvalue weighted by atomic mass is 10.2. The third-order valence-electron chi connectivity index (χ3n) is 2.47. The molecule has 21 heavy (non-hydrogen) atoms. The van der Waals surface area contributed by atoms with E-state index in [4.69, 9.17) is 20.3 Å². The van der Waals surface area contributed by atoms with Gasteiger partial charge in [0.25, 0.3) is 5.91 Å². The van der Waals surface area contributed by atoms with Gasteiger partial charge in [0.2, 0.25) is 5.91 Å². The number of carbonyl (C=O) groups is 3. The normalized spacial score (nSPS) is 11.3. The van der Waals surface area contributed by atoms with Crippen molar-refractivity contribution in [2.45, 2.75) is 12.5 Å². The summed E-state index contributed by atoms with van der Waals surface area (Å²) in [6.07, 6.45) is -0.483. The maximum Gasteiger partial charge on any atom is 0.326 e. The first-order valence-electron chi connectivity index (χ1n) is 5.99. The van der Waals surface area contributed by atoms with Gasteiger partial charge in [-0.2, -0.15) is 0 Å². The van der Waals surface area contributed by atoms with Crippen molar-refractivity contribution in [1.29, 1.82) is 0 Å². The van der Waals surface area contributed by atoms with Crippen LogP contribution in [0.1, 0.15) is 6.42 Å². The number of rotatable bonds is 8. The van der Waals surface area contributed by atoms with E-state index >= 15 is 0 Å². The number of carboxylic acids is 1. The highest BCUT2D eigenvalue weighted by atomic mass is 16.5. The van der Waals surface area contributed by atoms with E-state index in [9.17, 15) is 14.4 Å². The van der Waals surface area contributed by atoms with Crippen molar-refractivity contribution in [3.05, 3.63) is 24.3 Å². The molecule has 4 N–H and O–H groups in total. The highest BCUT2D eigenvalue weighted by Crippen LogP contribution is 2.16. The van der Waals surface area contributed by atoms with E-state index in [2.05, 4.69) is 5.32 Å². The van der Waals surface area contributed by atoms with Crippen LogP contribution in [0.2, 0.25) is 0 Å². The van der Waals surface area contributed by atoms with Gasteiger partial charge >= 0.3 is 5.97 Å². The van der Waals surface area contributed by atoms with Crippen molar-refractivity contribution in [2.75, 3.05) is 13.7 Å². The molecule has 8 nitrogen and oxygen atoms in total. The topological polar surface area (TPSA) is 128 Å². The van der Waals surface area contributed by atoms with Crippen LogP contribution in [-0.4, -0.2) is 42.6 Å². The van der Waals surface area contributed by atoms with Crippen molar-refractivity contribution < 1.29 is 29.0 Å². The molecule has 0 aliphatic carbocycles. The van der Waals surface area contributed by atoms with Gasteiger partial charge in [-0.15, -0.1) is 0 Å². The minimum absolute atomic E-state index is 0.380. The zero-order chi connectivity index (χ0) is 15.8. The molecule has 2 amide bonds.